The van der Waals surface area contributed by atoms with E-state index in [-0.39, 0.29) is 30.8 Å². The van der Waals surface area contributed by atoms with Gasteiger partial charge in [-0.1, -0.05) is 45.0 Å². The van der Waals surface area contributed by atoms with Crippen LogP contribution in [0.4, 0.5) is 0 Å². The fourth-order valence-electron chi connectivity index (χ4n) is 5.13. The van der Waals surface area contributed by atoms with Crippen LogP contribution in [0.25, 0.3) is 0 Å². The van der Waals surface area contributed by atoms with Crippen LogP contribution >= 0.6 is 0 Å². The molecule has 9 heteroatoms. The summed E-state index contributed by atoms with van der Waals surface area (Å²) in [5.74, 6) is 0.619. The minimum atomic E-state index is -3.36. The van der Waals surface area contributed by atoms with Gasteiger partial charge in [0, 0.05) is 52.4 Å². The molecule has 2 aromatic carbocycles. The van der Waals surface area contributed by atoms with E-state index in [0.717, 1.165) is 32.7 Å². The van der Waals surface area contributed by atoms with Crippen molar-refractivity contribution < 1.29 is 17.9 Å². The predicted molar refractivity (Wildman–Crippen MR) is 149 cm³/mol. The van der Waals surface area contributed by atoms with Crippen LogP contribution in [0.5, 0.6) is 5.75 Å². The van der Waals surface area contributed by atoms with Gasteiger partial charge in [-0.05, 0) is 40.8 Å². The standard InChI is InChI=1S/C29H40N4O4S/c1-29(2,3)25-9-5-24(6-10-25)18-32-21-27-19-31(20-28(22-32)37-27)13-14-33(38(4,34)35)15-16-36-26-11-7-23(17-30)8-12-26/h5-12,27-28H,13-16,18-22H2,1-4H3. The summed E-state index contributed by atoms with van der Waals surface area (Å²) in [6.07, 6.45) is 1.50. The van der Waals surface area contributed by atoms with Crippen LogP contribution in [0.1, 0.15) is 37.5 Å². The monoisotopic (exact) mass is 540 g/mol. The number of rotatable bonds is 10. The van der Waals surface area contributed by atoms with E-state index < -0.39 is 10.0 Å². The third-order valence-electron chi connectivity index (χ3n) is 7.19. The lowest BCUT2D eigenvalue weighted by molar-refractivity contribution is -0.140. The summed E-state index contributed by atoms with van der Waals surface area (Å²) >= 11 is 0. The molecule has 0 saturated carbocycles. The minimum Gasteiger partial charge on any atom is -0.492 e. The Labute approximate surface area is 227 Å². The Bertz CT molecular complexity index is 1190. The van der Waals surface area contributed by atoms with Crippen LogP contribution < -0.4 is 4.74 Å². The summed E-state index contributed by atoms with van der Waals surface area (Å²) in [7, 11) is -3.36. The molecule has 0 radical (unpaired) electrons. The van der Waals surface area contributed by atoms with Gasteiger partial charge in [0.15, 0.2) is 0 Å². The van der Waals surface area contributed by atoms with Gasteiger partial charge < -0.3 is 9.47 Å². The summed E-state index contributed by atoms with van der Waals surface area (Å²) in [5.41, 5.74) is 3.38. The topological polar surface area (TPSA) is 86.1 Å². The largest absolute Gasteiger partial charge is 0.492 e. The Hall–Kier alpha value is -2.48. The quantitative estimate of drug-likeness (QED) is 0.458. The van der Waals surface area contributed by atoms with Gasteiger partial charge in [0.2, 0.25) is 10.0 Å². The molecule has 2 unspecified atom stereocenters. The Morgan fingerprint density at radius 3 is 2.13 bits per heavy atom. The lowest BCUT2D eigenvalue weighted by Crippen LogP contribution is -2.60. The van der Waals surface area contributed by atoms with Gasteiger partial charge in [-0.2, -0.15) is 9.57 Å². The van der Waals surface area contributed by atoms with Gasteiger partial charge >= 0.3 is 0 Å². The summed E-state index contributed by atoms with van der Waals surface area (Å²) in [4.78, 5) is 4.81. The molecule has 0 spiro atoms. The number of fused-ring (bicyclic) bond motifs is 2. The molecular formula is C29H40N4O4S. The van der Waals surface area contributed by atoms with E-state index >= 15 is 0 Å². The number of morpholine rings is 2. The molecule has 0 aliphatic carbocycles. The second kappa shape index (κ2) is 12.1. The molecule has 0 aromatic heterocycles. The van der Waals surface area contributed by atoms with Crippen molar-refractivity contribution in [1.82, 2.24) is 14.1 Å². The van der Waals surface area contributed by atoms with Crippen LogP contribution in [0.3, 0.4) is 0 Å². The molecule has 2 aliphatic rings. The van der Waals surface area contributed by atoms with E-state index in [1.165, 1.54) is 21.7 Å². The van der Waals surface area contributed by atoms with E-state index in [0.29, 0.717) is 24.4 Å². The van der Waals surface area contributed by atoms with Gasteiger partial charge in [0.25, 0.3) is 0 Å². The van der Waals surface area contributed by atoms with Crippen LogP contribution in [0.2, 0.25) is 0 Å². The second-order valence-corrected chi connectivity index (χ2v) is 13.4. The molecule has 2 aliphatic heterocycles. The van der Waals surface area contributed by atoms with Crippen molar-refractivity contribution in [2.45, 2.75) is 44.9 Å². The van der Waals surface area contributed by atoms with Crippen molar-refractivity contribution >= 4 is 10.0 Å². The molecule has 38 heavy (non-hydrogen) atoms. The van der Waals surface area contributed by atoms with Crippen LogP contribution in [-0.4, -0.2) is 93.4 Å². The summed E-state index contributed by atoms with van der Waals surface area (Å²) in [5, 5.41) is 8.91. The van der Waals surface area contributed by atoms with Gasteiger partial charge in [-0.3, -0.25) is 9.80 Å². The fourth-order valence-corrected chi connectivity index (χ4v) is 5.95. The highest BCUT2D eigenvalue weighted by molar-refractivity contribution is 7.88. The molecule has 2 saturated heterocycles. The van der Waals surface area contributed by atoms with Crippen molar-refractivity contribution in [2.75, 3.05) is 58.7 Å². The molecule has 4 rings (SSSR count). The second-order valence-electron chi connectivity index (χ2n) is 11.4. The van der Waals surface area contributed by atoms with Crippen molar-refractivity contribution in [1.29, 1.82) is 5.26 Å². The van der Waals surface area contributed by atoms with Gasteiger partial charge in [-0.15, -0.1) is 0 Å². The average Bonchev–Trinajstić information content (AvgIpc) is 2.85. The van der Waals surface area contributed by atoms with E-state index in [9.17, 15) is 8.42 Å². The summed E-state index contributed by atoms with van der Waals surface area (Å²) < 4.78 is 38.2. The molecule has 2 heterocycles. The molecule has 2 fully saturated rings. The number of ether oxygens (including phenoxy) is 2. The first-order chi connectivity index (χ1) is 18.0. The van der Waals surface area contributed by atoms with Crippen molar-refractivity contribution in [2.24, 2.45) is 0 Å². The number of benzene rings is 2. The first-order valence-electron chi connectivity index (χ1n) is 13.3. The number of sulfonamides is 1. The van der Waals surface area contributed by atoms with E-state index in [2.05, 4.69) is 60.9 Å². The van der Waals surface area contributed by atoms with Crippen molar-refractivity contribution in [3.05, 3.63) is 65.2 Å². The van der Waals surface area contributed by atoms with E-state index in [1.54, 1.807) is 24.3 Å². The normalized spacial score (nSPS) is 20.8. The Morgan fingerprint density at radius 2 is 1.58 bits per heavy atom. The zero-order valence-corrected chi connectivity index (χ0v) is 23.8. The average molecular weight is 541 g/mol. The fraction of sp³-hybridized carbons (Fsp3) is 0.552. The van der Waals surface area contributed by atoms with Crippen molar-refractivity contribution in [3.8, 4) is 11.8 Å². The third-order valence-corrected chi connectivity index (χ3v) is 8.49. The van der Waals surface area contributed by atoms with Crippen LogP contribution in [0, 0.1) is 11.3 Å². The van der Waals surface area contributed by atoms with Crippen LogP contribution in [-0.2, 0) is 26.7 Å². The maximum atomic E-state index is 12.4. The summed E-state index contributed by atoms with van der Waals surface area (Å²) in [6, 6.07) is 17.8. The highest BCUT2D eigenvalue weighted by Gasteiger charge is 2.35. The predicted octanol–water partition coefficient (Wildman–Crippen LogP) is 3.08. The summed E-state index contributed by atoms with van der Waals surface area (Å²) in [6.45, 7) is 12.6. The highest BCUT2D eigenvalue weighted by atomic mass is 32.2. The lowest BCUT2D eigenvalue weighted by atomic mass is 9.87. The molecule has 2 atom stereocenters. The SMILES string of the molecule is CC(C)(C)c1ccc(CN2CC3CN(CCN(CCOc4ccc(C#N)cc4)S(C)(=O)=O)CC(C2)O3)cc1. The zero-order chi connectivity index (χ0) is 27.3. The molecule has 0 amide bonds. The molecule has 8 nitrogen and oxygen atoms in total. The number of nitrogens with zero attached hydrogens (tertiary/aromatic N) is 4. The van der Waals surface area contributed by atoms with E-state index in [1.807, 2.05) is 0 Å². The lowest BCUT2D eigenvalue weighted by Gasteiger charge is -2.46. The molecule has 0 N–H and O–H groups in total. The molecule has 206 valence electrons. The van der Waals surface area contributed by atoms with Gasteiger partial charge in [0.05, 0.1) is 30.1 Å². The first kappa shape index (κ1) is 28.5. The maximum Gasteiger partial charge on any atom is 0.211 e. The number of nitriles is 1. The van der Waals surface area contributed by atoms with E-state index in [4.69, 9.17) is 14.7 Å². The number of hydrogen-bond acceptors (Lipinski definition) is 7. The Kier molecular flexibility index (Phi) is 9.11. The highest BCUT2D eigenvalue weighted by Crippen LogP contribution is 2.24. The first-order valence-corrected chi connectivity index (χ1v) is 15.1. The molecular weight excluding hydrogens is 500 g/mol. The maximum absolute atomic E-state index is 12.4. The third kappa shape index (κ3) is 8.01. The minimum absolute atomic E-state index is 0.128. The molecule has 2 aromatic rings. The molecule has 2 bridgehead atoms. The van der Waals surface area contributed by atoms with Crippen molar-refractivity contribution in [3.63, 3.8) is 0 Å². The van der Waals surface area contributed by atoms with Gasteiger partial charge in [0.1, 0.15) is 12.4 Å². The van der Waals surface area contributed by atoms with Crippen LogP contribution in [0.15, 0.2) is 48.5 Å². The Morgan fingerprint density at radius 1 is 0.974 bits per heavy atom. The zero-order valence-electron chi connectivity index (χ0n) is 23.0. The van der Waals surface area contributed by atoms with Gasteiger partial charge in [-0.25, -0.2) is 8.42 Å². The smallest absolute Gasteiger partial charge is 0.211 e. The number of hydrogen-bond donors (Lipinski definition) is 0. The Balaban J connectivity index is 1.24.